The van der Waals surface area contributed by atoms with Crippen molar-refractivity contribution in [2.75, 3.05) is 13.7 Å². The highest BCUT2D eigenvalue weighted by atomic mass is 32.1. The number of nitrogens with zero attached hydrogens (tertiary/aromatic N) is 2. The van der Waals surface area contributed by atoms with Crippen molar-refractivity contribution < 1.29 is 9.53 Å². The fraction of sp³-hybridized carbons (Fsp3) is 0.214. The SMILES string of the molecule is CC(c1cccs1)N(C)Cc1cc(-c2ccccc2)ccc1OCC(=O)NCc1ccncc1. The van der Waals surface area contributed by atoms with E-state index in [0.717, 1.165) is 28.0 Å². The lowest BCUT2D eigenvalue weighted by molar-refractivity contribution is -0.123. The van der Waals surface area contributed by atoms with Crippen LogP contribution in [0, 0.1) is 0 Å². The zero-order chi connectivity index (χ0) is 23.8. The van der Waals surface area contributed by atoms with Crippen LogP contribution in [0.5, 0.6) is 5.75 Å². The maximum Gasteiger partial charge on any atom is 0.258 e. The number of carbonyl (C=O) groups is 1. The summed E-state index contributed by atoms with van der Waals surface area (Å²) in [6.07, 6.45) is 3.43. The van der Waals surface area contributed by atoms with Crippen molar-refractivity contribution in [3.63, 3.8) is 0 Å². The molecule has 0 fully saturated rings. The number of amides is 1. The summed E-state index contributed by atoms with van der Waals surface area (Å²) >= 11 is 1.76. The second-order valence-electron chi connectivity index (χ2n) is 8.22. The molecule has 4 rings (SSSR count). The summed E-state index contributed by atoms with van der Waals surface area (Å²) in [5, 5.41) is 5.01. The van der Waals surface area contributed by atoms with Gasteiger partial charge in [0.05, 0.1) is 0 Å². The molecule has 1 amide bonds. The fourth-order valence-corrected chi connectivity index (χ4v) is 4.55. The number of thiophene rings is 1. The number of ether oxygens (including phenoxy) is 1. The monoisotopic (exact) mass is 471 g/mol. The Labute approximate surface area is 205 Å². The first-order valence-electron chi connectivity index (χ1n) is 11.3. The third-order valence-corrected chi connectivity index (χ3v) is 6.84. The molecule has 34 heavy (non-hydrogen) atoms. The van der Waals surface area contributed by atoms with E-state index in [9.17, 15) is 4.79 Å². The molecule has 0 saturated heterocycles. The lowest BCUT2D eigenvalue weighted by atomic mass is 10.0. The minimum absolute atomic E-state index is 0.0348. The number of aromatic nitrogens is 1. The molecule has 0 spiro atoms. The van der Waals surface area contributed by atoms with Gasteiger partial charge in [-0.25, -0.2) is 0 Å². The van der Waals surface area contributed by atoms with E-state index in [1.54, 1.807) is 23.7 Å². The van der Waals surface area contributed by atoms with Crippen molar-refractivity contribution in [1.29, 1.82) is 0 Å². The van der Waals surface area contributed by atoms with E-state index in [-0.39, 0.29) is 18.6 Å². The molecule has 0 saturated carbocycles. The first kappa shape index (κ1) is 23.7. The molecule has 0 radical (unpaired) electrons. The third-order valence-electron chi connectivity index (χ3n) is 5.80. The molecule has 0 aliphatic heterocycles. The van der Waals surface area contributed by atoms with Crippen molar-refractivity contribution >= 4 is 17.2 Å². The number of carbonyl (C=O) groups excluding carboxylic acids is 1. The lowest BCUT2D eigenvalue weighted by Gasteiger charge is -2.25. The summed E-state index contributed by atoms with van der Waals surface area (Å²) in [7, 11) is 2.12. The Balaban J connectivity index is 1.48. The maximum atomic E-state index is 12.4. The van der Waals surface area contributed by atoms with Crippen molar-refractivity contribution in [1.82, 2.24) is 15.2 Å². The van der Waals surface area contributed by atoms with Gasteiger partial charge in [0, 0.05) is 42.0 Å². The predicted octanol–water partition coefficient (Wildman–Crippen LogP) is 5.70. The molecule has 2 heterocycles. The topological polar surface area (TPSA) is 54.5 Å². The zero-order valence-corrected chi connectivity index (χ0v) is 20.3. The summed E-state index contributed by atoms with van der Waals surface area (Å²) in [4.78, 5) is 20.0. The minimum atomic E-state index is -0.157. The Bertz CT molecular complexity index is 1180. The Morgan fingerprint density at radius 1 is 1.03 bits per heavy atom. The van der Waals surface area contributed by atoms with E-state index in [1.807, 2.05) is 42.5 Å². The molecule has 2 aromatic carbocycles. The summed E-state index contributed by atoms with van der Waals surface area (Å²) in [5.74, 6) is 0.569. The van der Waals surface area contributed by atoms with Crippen LogP contribution in [0.4, 0.5) is 0 Å². The molecule has 0 aliphatic rings. The van der Waals surface area contributed by atoms with E-state index in [1.165, 1.54) is 4.88 Å². The van der Waals surface area contributed by atoms with E-state index in [0.29, 0.717) is 13.1 Å². The van der Waals surface area contributed by atoms with Gasteiger partial charge in [0.15, 0.2) is 6.61 Å². The molecule has 174 valence electrons. The summed E-state index contributed by atoms with van der Waals surface area (Å²) in [5.41, 5.74) is 4.33. The highest BCUT2D eigenvalue weighted by molar-refractivity contribution is 7.10. The molecule has 0 bridgehead atoms. The minimum Gasteiger partial charge on any atom is -0.483 e. The number of benzene rings is 2. The predicted molar refractivity (Wildman–Crippen MR) is 138 cm³/mol. The molecule has 5 nitrogen and oxygen atoms in total. The first-order valence-corrected chi connectivity index (χ1v) is 12.2. The normalized spacial score (nSPS) is 11.9. The van der Waals surface area contributed by atoms with Crippen molar-refractivity contribution in [2.45, 2.75) is 26.1 Å². The van der Waals surface area contributed by atoms with Crippen LogP contribution in [-0.2, 0) is 17.9 Å². The summed E-state index contributed by atoms with van der Waals surface area (Å²) < 4.78 is 6.00. The second-order valence-corrected chi connectivity index (χ2v) is 9.20. The van der Waals surface area contributed by atoms with Crippen LogP contribution in [0.25, 0.3) is 11.1 Å². The first-order chi connectivity index (χ1) is 16.6. The zero-order valence-electron chi connectivity index (χ0n) is 19.5. The van der Waals surface area contributed by atoms with Crippen molar-refractivity contribution in [3.8, 4) is 16.9 Å². The van der Waals surface area contributed by atoms with Crippen LogP contribution in [0.1, 0.15) is 29.0 Å². The second kappa shape index (κ2) is 11.6. The standard InChI is InChI=1S/C28H29N3O2S/c1-21(27-9-6-16-34-27)31(2)19-25-17-24(23-7-4-3-5-8-23)10-11-26(25)33-20-28(32)30-18-22-12-14-29-15-13-22/h3-17,21H,18-20H2,1-2H3,(H,30,32). The van der Waals surface area contributed by atoms with Crippen LogP contribution >= 0.6 is 11.3 Å². The van der Waals surface area contributed by atoms with Crippen molar-refractivity contribution in [2.24, 2.45) is 0 Å². The molecule has 6 heteroatoms. The average molecular weight is 472 g/mol. The van der Waals surface area contributed by atoms with Crippen LogP contribution < -0.4 is 10.1 Å². The number of hydrogen-bond donors (Lipinski definition) is 1. The molecule has 1 unspecified atom stereocenters. The van der Waals surface area contributed by atoms with Gasteiger partial charge in [-0.3, -0.25) is 14.7 Å². The van der Waals surface area contributed by atoms with Crippen LogP contribution in [0.15, 0.2) is 90.6 Å². The summed E-state index contributed by atoms with van der Waals surface area (Å²) in [6, 6.07) is 24.8. The van der Waals surface area contributed by atoms with Crippen molar-refractivity contribution in [3.05, 3.63) is 107 Å². The lowest BCUT2D eigenvalue weighted by Crippen LogP contribution is -2.28. The van der Waals surface area contributed by atoms with Gasteiger partial charge < -0.3 is 10.1 Å². The highest BCUT2D eigenvalue weighted by Crippen LogP contribution is 2.31. The largest absolute Gasteiger partial charge is 0.483 e. The molecule has 1 N–H and O–H groups in total. The number of nitrogens with one attached hydrogen (secondary N) is 1. The smallest absolute Gasteiger partial charge is 0.258 e. The van der Waals surface area contributed by atoms with Gasteiger partial charge in [-0.15, -0.1) is 11.3 Å². The van der Waals surface area contributed by atoms with Gasteiger partial charge in [0.25, 0.3) is 5.91 Å². The highest BCUT2D eigenvalue weighted by Gasteiger charge is 2.16. The Kier molecular flexibility index (Phi) is 8.07. The molecular formula is C28H29N3O2S. The maximum absolute atomic E-state index is 12.4. The quantitative estimate of drug-likeness (QED) is 0.322. The van der Waals surface area contributed by atoms with Crippen LogP contribution in [0.3, 0.4) is 0 Å². The molecular weight excluding hydrogens is 442 g/mol. The van der Waals surface area contributed by atoms with E-state index < -0.39 is 0 Å². The Morgan fingerprint density at radius 3 is 2.56 bits per heavy atom. The number of pyridine rings is 1. The van der Waals surface area contributed by atoms with Gasteiger partial charge in [-0.1, -0.05) is 42.5 Å². The van der Waals surface area contributed by atoms with Gasteiger partial charge in [-0.2, -0.15) is 0 Å². The summed E-state index contributed by atoms with van der Waals surface area (Å²) in [6.45, 7) is 3.33. The average Bonchev–Trinajstić information content (AvgIpc) is 3.42. The number of hydrogen-bond acceptors (Lipinski definition) is 5. The van der Waals surface area contributed by atoms with Gasteiger partial charge in [0.1, 0.15) is 5.75 Å². The molecule has 1 atom stereocenters. The Morgan fingerprint density at radius 2 is 1.82 bits per heavy atom. The van der Waals surface area contributed by atoms with Gasteiger partial charge >= 0.3 is 0 Å². The third kappa shape index (κ3) is 6.31. The molecule has 0 aliphatic carbocycles. The van der Waals surface area contributed by atoms with Gasteiger partial charge in [-0.05, 0) is 66.4 Å². The molecule has 2 aromatic heterocycles. The van der Waals surface area contributed by atoms with E-state index >= 15 is 0 Å². The van der Waals surface area contributed by atoms with Crippen LogP contribution in [0.2, 0.25) is 0 Å². The van der Waals surface area contributed by atoms with Crippen LogP contribution in [-0.4, -0.2) is 29.4 Å². The van der Waals surface area contributed by atoms with E-state index in [2.05, 4.69) is 64.9 Å². The fourth-order valence-electron chi connectivity index (χ4n) is 3.70. The molecule has 4 aromatic rings. The van der Waals surface area contributed by atoms with Gasteiger partial charge in [0.2, 0.25) is 0 Å². The number of rotatable bonds is 10. The Hall–Kier alpha value is -3.48. The van der Waals surface area contributed by atoms with E-state index in [4.69, 9.17) is 4.74 Å².